The van der Waals surface area contributed by atoms with Gasteiger partial charge >= 0.3 is 5.97 Å². The topological polar surface area (TPSA) is 381 Å². The molecular weight excluding hydrogens is 1030 g/mol. The molecule has 2 heterocycles. The van der Waals surface area contributed by atoms with Crippen LogP contribution in [0.1, 0.15) is 220 Å². The maximum absolute atomic E-state index is 13.6. The van der Waals surface area contributed by atoms with Gasteiger partial charge in [-0.25, -0.2) is 4.79 Å². The van der Waals surface area contributed by atoms with Crippen LogP contribution in [-0.2, 0) is 33.3 Å². The van der Waals surface area contributed by atoms with Gasteiger partial charge in [-0.05, 0) is 18.8 Å². The number of amides is 2. The van der Waals surface area contributed by atoms with E-state index >= 15 is 0 Å². The molecule has 16 N–H and O–H groups in total. The van der Waals surface area contributed by atoms with Crippen LogP contribution in [0.2, 0.25) is 0 Å². The average Bonchev–Trinajstić information content (AvgIpc) is 3.51. The number of rotatable bonds is 47. The Morgan fingerprint density at radius 2 is 1.14 bits per heavy atom. The van der Waals surface area contributed by atoms with Crippen LogP contribution in [0.3, 0.4) is 0 Å². The Labute approximate surface area is 470 Å². The Morgan fingerprint density at radius 3 is 1.61 bits per heavy atom. The Morgan fingerprint density at radius 1 is 0.658 bits per heavy atom. The van der Waals surface area contributed by atoms with Crippen LogP contribution in [0.5, 0.6) is 0 Å². The third-order valence-corrected chi connectivity index (χ3v) is 15.9. The highest BCUT2D eigenvalue weighted by molar-refractivity contribution is 5.80. The lowest BCUT2D eigenvalue weighted by atomic mass is 9.88. The number of carboxylic acid groups (broad SMARTS) is 1. The molecule has 2 aliphatic rings. The van der Waals surface area contributed by atoms with E-state index in [1.807, 2.05) is 0 Å². The summed E-state index contributed by atoms with van der Waals surface area (Å²) >= 11 is 0. The molecule has 2 fully saturated rings. The summed E-state index contributed by atoms with van der Waals surface area (Å²) in [7, 11) is 0. The number of ether oxygens (including phenoxy) is 4. The number of aliphatic hydroxyl groups excluding tert-OH is 11. The molecule has 0 aliphatic carbocycles. The lowest BCUT2D eigenvalue weighted by molar-refractivity contribution is -0.344. The van der Waals surface area contributed by atoms with E-state index < -0.39 is 142 Å². The first kappa shape index (κ1) is 72.9. The van der Waals surface area contributed by atoms with E-state index in [1.165, 1.54) is 96.3 Å². The summed E-state index contributed by atoms with van der Waals surface area (Å²) in [6, 6.07) is -3.31. The highest BCUT2D eigenvalue weighted by Crippen LogP contribution is 2.35. The van der Waals surface area contributed by atoms with Crippen molar-refractivity contribution in [2.24, 2.45) is 11.7 Å². The predicted octanol–water partition coefficient (Wildman–Crippen LogP) is 3.18. The van der Waals surface area contributed by atoms with Crippen molar-refractivity contribution in [2.45, 2.75) is 317 Å². The van der Waals surface area contributed by atoms with Gasteiger partial charge in [0.15, 0.2) is 12.5 Å². The van der Waals surface area contributed by atoms with E-state index in [1.54, 1.807) is 0 Å². The van der Waals surface area contributed by atoms with Gasteiger partial charge in [0.1, 0.15) is 55.4 Å². The Kier molecular flexibility index (Phi) is 38.5. The number of hydrogen-bond acceptors (Lipinski definition) is 19. The molecule has 2 saturated heterocycles. The molecule has 2 rings (SSSR count). The number of nitrogens with one attached hydrogen (secondary N) is 2. The molecule has 2 aliphatic heterocycles. The van der Waals surface area contributed by atoms with Crippen LogP contribution in [0.4, 0.5) is 0 Å². The quantitative estimate of drug-likeness (QED) is 0.0307. The SMILES string of the molecule is CCCCCCCCCCCCCCCCCCCCC[C@@H](O)C(=O)NC(O[C@@H]1O[C@H](CO[C@]2(C(=O)O)C[C@H](O)[C@@H](NC(=O)CO)[C@H]([C@H](O)[C@H](O)CO)O2)[C@@H](O)[C@H](O)[C@H]1O)[C@@H](N)[C@H](O)[C@H](O)CCCCCCCCCC(C)CC. The largest absolute Gasteiger partial charge is 0.477 e. The molecule has 22 nitrogen and oxygen atoms in total. The molecule has 466 valence electrons. The van der Waals surface area contributed by atoms with Crippen molar-refractivity contribution in [3.05, 3.63) is 0 Å². The molecular formula is C57H109N3O19. The zero-order chi connectivity index (χ0) is 58.8. The second-order valence-electron chi connectivity index (χ2n) is 22.7. The summed E-state index contributed by atoms with van der Waals surface area (Å²) in [5.74, 6) is -6.18. The lowest BCUT2D eigenvalue weighted by Gasteiger charge is -2.47. The predicted molar refractivity (Wildman–Crippen MR) is 295 cm³/mol. The van der Waals surface area contributed by atoms with Gasteiger partial charge in [0, 0.05) is 6.42 Å². The molecule has 17 atom stereocenters. The molecule has 2 amide bonds. The van der Waals surface area contributed by atoms with Crippen LogP contribution in [0.15, 0.2) is 0 Å². The van der Waals surface area contributed by atoms with Gasteiger partial charge in [0.25, 0.3) is 11.7 Å². The van der Waals surface area contributed by atoms with Crippen molar-refractivity contribution in [1.29, 1.82) is 0 Å². The maximum atomic E-state index is 13.6. The summed E-state index contributed by atoms with van der Waals surface area (Å²) < 4.78 is 22.9. The summed E-state index contributed by atoms with van der Waals surface area (Å²) in [6.07, 6.45) is 6.11. The van der Waals surface area contributed by atoms with Gasteiger partial charge < -0.3 is 96.6 Å². The summed E-state index contributed by atoms with van der Waals surface area (Å²) in [5, 5.41) is 133. The molecule has 0 spiro atoms. The number of unbranched alkanes of at least 4 members (excludes halogenated alkanes) is 24. The minimum absolute atomic E-state index is 0.0655. The fourth-order valence-electron chi connectivity index (χ4n) is 10.3. The van der Waals surface area contributed by atoms with E-state index in [4.69, 9.17) is 24.7 Å². The first-order valence-corrected chi connectivity index (χ1v) is 30.3. The average molecular weight is 1140 g/mol. The van der Waals surface area contributed by atoms with Crippen LogP contribution >= 0.6 is 0 Å². The highest BCUT2D eigenvalue weighted by atomic mass is 16.7. The molecule has 2 unspecified atom stereocenters. The van der Waals surface area contributed by atoms with Gasteiger partial charge in [-0.15, -0.1) is 0 Å². The standard InChI is InChI=1S/C57H109N3O19/c1-4-6-7-8-9-10-11-12-13-14-15-16-17-18-19-20-23-27-30-33-40(64)53(73)60-54(45(58)47(68)39(63)32-29-26-24-21-22-25-28-31-38(3)5-2)78-55-51(72)50(71)49(70)43(77-55)37-76-57(56(74)75)34-41(65)46(59-44(67)36-62)52(79-57)48(69)42(66)35-61/h38-43,45-52,54-55,61-66,68-72H,4-37,58H2,1-3H3,(H,59,67)(H,60,73)(H,74,75)/t38?,39-,40-,41+,42-,43-,45+,46-,47-,48-,49-,50+,51-,52-,54?,55+,57-/m1/s1. The van der Waals surface area contributed by atoms with Crippen LogP contribution in [0.25, 0.3) is 0 Å². The molecule has 0 aromatic heterocycles. The Hall–Kier alpha value is -2.23. The van der Waals surface area contributed by atoms with Gasteiger partial charge in [0.05, 0.1) is 43.6 Å². The number of aliphatic carboxylic acids is 1. The van der Waals surface area contributed by atoms with Gasteiger partial charge in [-0.2, -0.15) is 0 Å². The van der Waals surface area contributed by atoms with Gasteiger partial charge in [0.2, 0.25) is 5.91 Å². The molecule has 79 heavy (non-hydrogen) atoms. The fraction of sp³-hybridized carbons (Fsp3) is 0.947. The molecule has 0 radical (unpaired) electrons. The minimum Gasteiger partial charge on any atom is -0.477 e. The summed E-state index contributed by atoms with van der Waals surface area (Å²) in [5.41, 5.74) is 6.49. The van der Waals surface area contributed by atoms with Crippen molar-refractivity contribution in [3.63, 3.8) is 0 Å². The molecule has 0 aromatic carbocycles. The molecule has 22 heteroatoms. The van der Waals surface area contributed by atoms with Gasteiger partial charge in [-0.3, -0.25) is 9.59 Å². The van der Waals surface area contributed by atoms with Crippen LogP contribution < -0.4 is 16.4 Å². The minimum atomic E-state index is -2.94. The van der Waals surface area contributed by atoms with E-state index in [0.717, 1.165) is 70.6 Å². The number of hydrogen-bond donors (Lipinski definition) is 15. The first-order valence-electron chi connectivity index (χ1n) is 30.3. The van der Waals surface area contributed by atoms with Crippen molar-refractivity contribution >= 4 is 17.8 Å². The smallest absolute Gasteiger partial charge is 0.364 e. The van der Waals surface area contributed by atoms with Crippen molar-refractivity contribution in [1.82, 2.24) is 10.6 Å². The van der Waals surface area contributed by atoms with Crippen molar-refractivity contribution in [2.75, 3.05) is 19.8 Å². The Balaban J connectivity index is 2.10. The normalized spacial score (nSPS) is 26.6. The zero-order valence-corrected chi connectivity index (χ0v) is 48.1. The Bertz CT molecular complexity index is 1590. The van der Waals surface area contributed by atoms with Crippen molar-refractivity contribution < 1.29 is 94.6 Å². The number of nitrogens with two attached hydrogens (primary N) is 1. The third-order valence-electron chi connectivity index (χ3n) is 15.9. The van der Waals surface area contributed by atoms with Gasteiger partial charge in [-0.1, -0.05) is 201 Å². The number of carbonyl (C=O) groups excluding carboxylic acids is 2. The summed E-state index contributed by atoms with van der Waals surface area (Å²) in [6.45, 7) is 3.50. The number of carboxylic acids is 1. The third kappa shape index (κ3) is 27.4. The zero-order valence-electron chi connectivity index (χ0n) is 48.1. The lowest BCUT2D eigenvalue weighted by Crippen LogP contribution is -2.69. The fourth-order valence-corrected chi connectivity index (χ4v) is 10.3. The second-order valence-corrected chi connectivity index (χ2v) is 22.7. The molecule has 0 saturated carbocycles. The van der Waals surface area contributed by atoms with E-state index in [0.29, 0.717) is 18.8 Å². The maximum Gasteiger partial charge on any atom is 0.364 e. The second kappa shape index (κ2) is 41.7. The van der Waals surface area contributed by atoms with Crippen LogP contribution in [-0.4, -0.2) is 196 Å². The van der Waals surface area contributed by atoms with E-state index in [-0.39, 0.29) is 12.8 Å². The number of carbonyl (C=O) groups is 3. The highest BCUT2D eigenvalue weighted by Gasteiger charge is 2.57. The van der Waals surface area contributed by atoms with E-state index in [9.17, 15) is 75.7 Å². The monoisotopic (exact) mass is 1140 g/mol. The van der Waals surface area contributed by atoms with Crippen LogP contribution in [0, 0.1) is 5.92 Å². The summed E-state index contributed by atoms with van der Waals surface area (Å²) in [4.78, 5) is 38.5. The van der Waals surface area contributed by atoms with Crippen molar-refractivity contribution in [3.8, 4) is 0 Å². The number of aliphatic hydroxyl groups is 11. The molecule has 0 aromatic rings. The molecule has 0 bridgehead atoms. The first-order chi connectivity index (χ1) is 37.8. The van der Waals surface area contributed by atoms with E-state index in [2.05, 4.69) is 31.4 Å².